The number of ether oxygens (including phenoxy) is 4. The molecule has 5 aliphatic rings. The first-order valence-electron chi connectivity index (χ1n) is 14.7. The van der Waals surface area contributed by atoms with Crippen LogP contribution in [0.4, 0.5) is 0 Å². The molecular weight excluding hydrogens is 500 g/mol. The Morgan fingerprint density at radius 3 is 2.51 bits per heavy atom. The Kier molecular flexibility index (Phi) is 9.26. The van der Waals surface area contributed by atoms with Gasteiger partial charge in [-0.25, -0.2) is 0 Å². The number of carbonyl (C=O) groups excluding carboxylic acids is 2. The minimum Gasteiger partial charge on any atom is -0.393 e. The van der Waals surface area contributed by atoms with E-state index in [2.05, 4.69) is 27.7 Å². The van der Waals surface area contributed by atoms with Crippen LogP contribution in [0.1, 0.15) is 79.1 Å². The molecule has 5 rings (SSSR count). The van der Waals surface area contributed by atoms with E-state index in [1.54, 1.807) is 26.4 Å². The number of hydrogen-bond donors (Lipinski definition) is 2. The molecule has 1 saturated heterocycles. The summed E-state index contributed by atoms with van der Waals surface area (Å²) in [6.07, 6.45) is 10.4. The van der Waals surface area contributed by atoms with Gasteiger partial charge in [-0.15, -0.1) is 0 Å². The van der Waals surface area contributed by atoms with E-state index >= 15 is 0 Å². The van der Waals surface area contributed by atoms with Gasteiger partial charge in [-0.05, 0) is 62.5 Å². The molecule has 0 amide bonds. The van der Waals surface area contributed by atoms with Crippen molar-refractivity contribution in [3.8, 4) is 0 Å². The van der Waals surface area contributed by atoms with Gasteiger partial charge in [0.2, 0.25) is 0 Å². The summed E-state index contributed by atoms with van der Waals surface area (Å²) in [7, 11) is 3.31. The van der Waals surface area contributed by atoms with Gasteiger partial charge in [0.25, 0.3) is 0 Å². The van der Waals surface area contributed by atoms with Crippen LogP contribution in [-0.2, 0) is 28.5 Å². The number of aliphatic hydroxyl groups is 2. The average molecular weight is 549 g/mol. The molecule has 4 aliphatic carbocycles. The quantitative estimate of drug-likeness (QED) is 0.436. The lowest BCUT2D eigenvalue weighted by molar-refractivity contribution is -0.200. The molecule has 0 spiro atoms. The maximum Gasteiger partial charge on any atom is 0.193 e. The van der Waals surface area contributed by atoms with Gasteiger partial charge < -0.3 is 29.2 Å². The fourth-order valence-electron chi connectivity index (χ4n) is 8.69. The normalized spacial score (nSPS) is 42.2. The van der Waals surface area contributed by atoms with E-state index in [0.717, 1.165) is 37.7 Å². The average Bonchev–Trinajstić information content (AvgIpc) is 3.39. The second-order valence-electron chi connectivity index (χ2n) is 12.4. The number of aliphatic hydroxyl groups excluding tert-OH is 2. The second kappa shape index (κ2) is 11.8. The molecule has 0 aromatic rings. The van der Waals surface area contributed by atoms with Crippen LogP contribution in [0.2, 0.25) is 0 Å². The Bertz CT molecular complexity index is 972. The molecule has 8 heteroatoms. The molecule has 9 atom stereocenters. The van der Waals surface area contributed by atoms with E-state index in [0.29, 0.717) is 19.3 Å². The Hall–Kier alpha value is -1.42. The topological polar surface area (TPSA) is 112 Å². The number of allylic oxidation sites excluding steroid dienone is 4. The van der Waals surface area contributed by atoms with Gasteiger partial charge in [0.1, 0.15) is 6.61 Å². The summed E-state index contributed by atoms with van der Waals surface area (Å²) in [5, 5.41) is 21.4. The minimum atomic E-state index is -1.20. The van der Waals surface area contributed by atoms with E-state index in [1.807, 2.05) is 6.08 Å². The zero-order valence-corrected chi connectivity index (χ0v) is 24.5. The zero-order valence-electron chi connectivity index (χ0n) is 24.5. The molecule has 0 bridgehead atoms. The van der Waals surface area contributed by atoms with Crippen molar-refractivity contribution in [2.45, 2.75) is 109 Å². The Morgan fingerprint density at radius 1 is 1.21 bits per heavy atom. The molecule has 1 aliphatic heterocycles. The minimum absolute atomic E-state index is 0.000000000000000444. The molecule has 2 N–H and O–H groups in total. The van der Waals surface area contributed by atoms with Gasteiger partial charge in [-0.2, -0.15) is 0 Å². The molecule has 0 aromatic carbocycles. The molecule has 220 valence electrons. The van der Waals surface area contributed by atoms with Crippen molar-refractivity contribution in [3.05, 3.63) is 23.8 Å². The van der Waals surface area contributed by atoms with E-state index in [1.165, 1.54) is 0 Å². The highest BCUT2D eigenvalue weighted by Gasteiger charge is 2.75. The third-order valence-electron chi connectivity index (χ3n) is 10.4. The number of fused-ring (bicyclic) bond motifs is 7. The maximum atomic E-state index is 13.2. The number of hydrogen-bond acceptors (Lipinski definition) is 8. The lowest BCUT2D eigenvalue weighted by Crippen LogP contribution is -2.63. The molecule has 0 unspecified atom stereocenters. The van der Waals surface area contributed by atoms with E-state index < -0.39 is 36.1 Å². The summed E-state index contributed by atoms with van der Waals surface area (Å²) in [5.74, 6) is 0.0274. The van der Waals surface area contributed by atoms with Gasteiger partial charge in [0, 0.05) is 31.0 Å². The van der Waals surface area contributed by atoms with Crippen LogP contribution >= 0.6 is 0 Å². The SMILES string of the molecule is CCCC(OC)OC.CCC[C@@H]1O[C@@H]2C[C@H]3[C@@H]4CCC5=CC(=O)C=C[C@]5(C)[C@H]4[C@@H](O)C[C@]3(C)[C@]2(C(=O)CO)O1. The Labute approximate surface area is 233 Å². The molecule has 3 saturated carbocycles. The van der Waals surface area contributed by atoms with Crippen molar-refractivity contribution in [3.63, 3.8) is 0 Å². The van der Waals surface area contributed by atoms with Crippen molar-refractivity contribution < 1.29 is 38.7 Å². The van der Waals surface area contributed by atoms with Crippen LogP contribution in [0.25, 0.3) is 0 Å². The number of ketones is 2. The zero-order chi connectivity index (χ0) is 28.6. The third-order valence-corrected chi connectivity index (χ3v) is 10.4. The summed E-state index contributed by atoms with van der Waals surface area (Å²) in [6, 6.07) is 0. The Balaban J connectivity index is 0.000000386. The van der Waals surface area contributed by atoms with E-state index in [4.69, 9.17) is 18.9 Å². The van der Waals surface area contributed by atoms with Gasteiger partial charge in [-0.3, -0.25) is 9.59 Å². The van der Waals surface area contributed by atoms with Crippen molar-refractivity contribution in [1.82, 2.24) is 0 Å². The number of methoxy groups -OCH3 is 2. The molecule has 4 fully saturated rings. The van der Waals surface area contributed by atoms with Crippen LogP contribution in [0, 0.1) is 28.6 Å². The van der Waals surface area contributed by atoms with Crippen LogP contribution < -0.4 is 0 Å². The van der Waals surface area contributed by atoms with Crippen molar-refractivity contribution in [2.75, 3.05) is 20.8 Å². The van der Waals surface area contributed by atoms with Crippen LogP contribution in [0.15, 0.2) is 23.8 Å². The monoisotopic (exact) mass is 548 g/mol. The van der Waals surface area contributed by atoms with Crippen molar-refractivity contribution in [2.24, 2.45) is 28.6 Å². The molecule has 39 heavy (non-hydrogen) atoms. The standard InChI is InChI=1S/C25H34O6.C6H14O2/c1-4-5-21-30-20-11-17-16-7-6-14-10-15(27)8-9-23(14,2)22(16)18(28)12-24(17,3)25(20,31-21)19(29)13-26;1-4-5-6(7-2)8-3/h8-10,16-18,20-22,26,28H,4-7,11-13H2,1-3H3;6H,4-5H2,1-3H3/t16-,17-,18-,20+,21+,22+,23-,24-,25+;/m0./s1. The van der Waals surface area contributed by atoms with Gasteiger partial charge in [-0.1, -0.05) is 52.2 Å². The fraction of sp³-hybridized carbons (Fsp3) is 0.806. The van der Waals surface area contributed by atoms with Gasteiger partial charge >= 0.3 is 0 Å². The lowest BCUT2D eigenvalue weighted by Gasteiger charge is -2.59. The second-order valence-corrected chi connectivity index (χ2v) is 12.4. The van der Waals surface area contributed by atoms with Crippen molar-refractivity contribution in [1.29, 1.82) is 0 Å². The van der Waals surface area contributed by atoms with Crippen molar-refractivity contribution >= 4 is 11.6 Å². The van der Waals surface area contributed by atoms with E-state index in [-0.39, 0.29) is 41.0 Å². The van der Waals surface area contributed by atoms with Gasteiger partial charge in [0.15, 0.2) is 29.7 Å². The van der Waals surface area contributed by atoms with Crippen LogP contribution in [-0.4, -0.2) is 73.0 Å². The highest BCUT2D eigenvalue weighted by Crippen LogP contribution is 2.69. The Morgan fingerprint density at radius 2 is 1.92 bits per heavy atom. The predicted octanol–water partition coefficient (Wildman–Crippen LogP) is 4.12. The first-order valence-corrected chi connectivity index (χ1v) is 14.7. The summed E-state index contributed by atoms with van der Waals surface area (Å²) in [6.45, 7) is 7.78. The van der Waals surface area contributed by atoms with Gasteiger partial charge in [0.05, 0.1) is 12.2 Å². The summed E-state index contributed by atoms with van der Waals surface area (Å²) >= 11 is 0. The summed E-state index contributed by atoms with van der Waals surface area (Å²) < 4.78 is 22.5. The first-order chi connectivity index (χ1) is 18.6. The highest BCUT2D eigenvalue weighted by molar-refractivity contribution is 6.01. The highest BCUT2D eigenvalue weighted by atomic mass is 16.7. The fourth-order valence-corrected chi connectivity index (χ4v) is 8.69. The van der Waals surface area contributed by atoms with E-state index in [9.17, 15) is 19.8 Å². The molecular formula is C31H48O8. The summed E-state index contributed by atoms with van der Waals surface area (Å²) in [4.78, 5) is 25.2. The molecule has 0 radical (unpaired) electrons. The van der Waals surface area contributed by atoms with Crippen LogP contribution in [0.5, 0.6) is 0 Å². The summed E-state index contributed by atoms with van der Waals surface area (Å²) in [5.41, 5.74) is -1.05. The number of carbonyl (C=O) groups is 2. The number of rotatable bonds is 8. The van der Waals surface area contributed by atoms with Crippen LogP contribution in [0.3, 0.4) is 0 Å². The number of Topliss-reactive ketones (excluding diaryl/α,β-unsaturated/α-hetero) is 1. The third kappa shape index (κ3) is 4.89. The first kappa shape index (κ1) is 30.5. The predicted molar refractivity (Wildman–Crippen MR) is 146 cm³/mol. The lowest BCUT2D eigenvalue weighted by atomic mass is 9.46. The molecule has 1 heterocycles. The molecule has 8 nitrogen and oxygen atoms in total. The molecule has 0 aromatic heterocycles. The smallest absolute Gasteiger partial charge is 0.193 e. The maximum absolute atomic E-state index is 13.2. The largest absolute Gasteiger partial charge is 0.393 e.